The highest BCUT2D eigenvalue weighted by Crippen LogP contribution is 2.33. The number of ether oxygens (including phenoxy) is 1. The van der Waals surface area contributed by atoms with Crippen molar-refractivity contribution in [3.8, 4) is 5.75 Å². The zero-order chi connectivity index (χ0) is 25.5. The third-order valence-corrected chi connectivity index (χ3v) is 7.57. The van der Waals surface area contributed by atoms with Gasteiger partial charge in [0.1, 0.15) is 6.61 Å². The van der Waals surface area contributed by atoms with E-state index in [0.717, 1.165) is 57.4 Å². The number of aromatic nitrogens is 3. The summed E-state index contributed by atoms with van der Waals surface area (Å²) < 4.78 is 44.8. The number of pyridine rings is 1. The highest BCUT2D eigenvalue weighted by Gasteiger charge is 2.27. The van der Waals surface area contributed by atoms with Crippen LogP contribution in [0.15, 0.2) is 24.5 Å². The van der Waals surface area contributed by atoms with Crippen LogP contribution in [-0.2, 0) is 31.1 Å². The normalized spacial score (nSPS) is 21.1. The topological polar surface area (TPSA) is 60.2 Å². The summed E-state index contributed by atoms with van der Waals surface area (Å²) in [6.07, 6.45) is 6.34. The fourth-order valence-electron chi connectivity index (χ4n) is 5.41. The Labute approximate surface area is 211 Å². The molecule has 2 aromatic heterocycles. The monoisotopic (exact) mass is 506 g/mol. The molecule has 0 N–H and O–H groups in total. The molecule has 0 amide bonds. The predicted octanol–water partition coefficient (Wildman–Crippen LogP) is 4.95. The summed E-state index contributed by atoms with van der Waals surface area (Å²) in [6, 6.07) is 3.73. The Kier molecular flexibility index (Phi) is 9.04. The maximum absolute atomic E-state index is 12.5. The van der Waals surface area contributed by atoms with E-state index in [4.69, 9.17) is 4.74 Å². The van der Waals surface area contributed by atoms with Crippen molar-refractivity contribution in [1.29, 1.82) is 0 Å². The Hall–Kier alpha value is -2.42. The van der Waals surface area contributed by atoms with Crippen molar-refractivity contribution in [2.24, 2.45) is 18.9 Å². The van der Waals surface area contributed by atoms with Crippen LogP contribution in [0.3, 0.4) is 0 Å². The van der Waals surface area contributed by atoms with Gasteiger partial charge in [-0.25, -0.2) is 0 Å². The molecule has 6 nitrogen and oxygen atoms in total. The Balaban J connectivity index is 1.13. The van der Waals surface area contributed by atoms with Gasteiger partial charge in [-0.3, -0.25) is 14.5 Å². The van der Waals surface area contributed by atoms with Gasteiger partial charge in [-0.2, -0.15) is 18.3 Å². The largest absolute Gasteiger partial charge is 0.483 e. The molecule has 3 heterocycles. The number of carbonyl (C=O) groups is 1. The van der Waals surface area contributed by atoms with E-state index in [1.807, 2.05) is 13.1 Å². The number of aryl methyl sites for hydroxylation is 2. The predicted molar refractivity (Wildman–Crippen MR) is 131 cm³/mol. The first-order chi connectivity index (χ1) is 17.2. The van der Waals surface area contributed by atoms with Crippen molar-refractivity contribution in [2.45, 2.75) is 70.4 Å². The fourth-order valence-corrected chi connectivity index (χ4v) is 5.41. The summed E-state index contributed by atoms with van der Waals surface area (Å²) >= 11 is 0. The van der Waals surface area contributed by atoms with Crippen LogP contribution in [0.2, 0.25) is 0 Å². The van der Waals surface area contributed by atoms with Crippen molar-refractivity contribution in [3.05, 3.63) is 41.5 Å². The number of fused-ring (bicyclic) bond motifs is 1. The molecule has 0 bridgehead atoms. The second-order valence-corrected chi connectivity index (χ2v) is 10.4. The smallest absolute Gasteiger partial charge is 0.389 e. The lowest BCUT2D eigenvalue weighted by molar-refractivity contribution is -0.134. The zero-order valence-corrected chi connectivity index (χ0v) is 21.1. The third kappa shape index (κ3) is 8.32. The van der Waals surface area contributed by atoms with E-state index < -0.39 is 12.6 Å². The molecule has 1 aliphatic carbocycles. The molecule has 4 rings (SSSR count). The number of Topliss-reactive ketones (excluding diaryl/α,β-unsaturated/α-hetero) is 1. The number of hydrogen-bond acceptors (Lipinski definition) is 5. The molecule has 198 valence electrons. The van der Waals surface area contributed by atoms with Crippen LogP contribution in [0.4, 0.5) is 13.2 Å². The van der Waals surface area contributed by atoms with Gasteiger partial charge in [0.05, 0.1) is 12.4 Å². The van der Waals surface area contributed by atoms with Crippen molar-refractivity contribution < 1.29 is 22.7 Å². The number of nitrogens with zero attached hydrogens (tertiary/aromatic N) is 4. The van der Waals surface area contributed by atoms with Crippen LogP contribution in [0.1, 0.15) is 61.9 Å². The number of ketones is 1. The van der Waals surface area contributed by atoms with Gasteiger partial charge in [-0.05, 0) is 62.1 Å². The summed E-state index contributed by atoms with van der Waals surface area (Å²) in [5, 5.41) is 4.04. The van der Waals surface area contributed by atoms with Crippen LogP contribution < -0.4 is 4.74 Å². The van der Waals surface area contributed by atoms with Crippen LogP contribution >= 0.6 is 0 Å². The Morgan fingerprint density at radius 3 is 2.58 bits per heavy atom. The molecule has 36 heavy (non-hydrogen) atoms. The molecule has 1 fully saturated rings. The molecule has 2 aliphatic rings. The van der Waals surface area contributed by atoms with Gasteiger partial charge in [0.2, 0.25) is 0 Å². The van der Waals surface area contributed by atoms with Crippen LogP contribution in [0.5, 0.6) is 5.75 Å². The second kappa shape index (κ2) is 12.2. The molecule has 0 unspecified atom stereocenters. The number of hydrogen-bond donors (Lipinski definition) is 0. The van der Waals surface area contributed by atoms with Gasteiger partial charge < -0.3 is 9.64 Å². The molecular formula is C27H37F3N4O2. The molecule has 9 heteroatoms. The summed E-state index contributed by atoms with van der Waals surface area (Å²) in [7, 11) is 1.82. The zero-order valence-electron chi connectivity index (χ0n) is 21.1. The fraction of sp³-hybridized carbons (Fsp3) is 0.667. The molecule has 0 aromatic carbocycles. The summed E-state index contributed by atoms with van der Waals surface area (Å²) in [5.74, 6) is 1.93. The molecule has 0 spiro atoms. The highest BCUT2D eigenvalue weighted by molar-refractivity contribution is 5.80. The van der Waals surface area contributed by atoms with Gasteiger partial charge in [0, 0.05) is 50.8 Å². The van der Waals surface area contributed by atoms with E-state index in [2.05, 4.69) is 15.0 Å². The van der Waals surface area contributed by atoms with Crippen molar-refractivity contribution in [2.75, 3.05) is 26.2 Å². The average molecular weight is 507 g/mol. The minimum absolute atomic E-state index is 0.0493. The molecular weight excluding hydrogens is 469 g/mol. The average Bonchev–Trinajstić information content (AvgIpc) is 3.15. The molecule has 1 saturated carbocycles. The summed E-state index contributed by atoms with van der Waals surface area (Å²) in [6.45, 7) is 3.03. The van der Waals surface area contributed by atoms with Crippen LogP contribution in [-0.4, -0.2) is 57.9 Å². The Bertz CT molecular complexity index is 999. The number of alkyl halides is 3. The Morgan fingerprint density at radius 2 is 1.86 bits per heavy atom. The lowest BCUT2D eigenvalue weighted by atomic mass is 9.78. The second-order valence-electron chi connectivity index (χ2n) is 10.4. The van der Waals surface area contributed by atoms with Gasteiger partial charge >= 0.3 is 6.18 Å². The molecule has 0 saturated heterocycles. The minimum atomic E-state index is -4.14. The minimum Gasteiger partial charge on any atom is -0.483 e. The molecule has 2 aromatic rings. The van der Waals surface area contributed by atoms with E-state index in [-0.39, 0.29) is 18.8 Å². The molecule has 0 radical (unpaired) electrons. The first kappa shape index (κ1) is 26.6. The van der Waals surface area contributed by atoms with Gasteiger partial charge in [0.25, 0.3) is 0 Å². The molecule has 0 atom stereocenters. The third-order valence-electron chi connectivity index (χ3n) is 7.57. The first-order valence-corrected chi connectivity index (χ1v) is 13.1. The maximum Gasteiger partial charge on any atom is 0.389 e. The van der Waals surface area contributed by atoms with E-state index in [1.54, 1.807) is 23.1 Å². The van der Waals surface area contributed by atoms with E-state index in [9.17, 15) is 18.0 Å². The summed E-state index contributed by atoms with van der Waals surface area (Å²) in [4.78, 5) is 19.4. The first-order valence-electron chi connectivity index (χ1n) is 13.1. The lowest BCUT2D eigenvalue weighted by Gasteiger charge is -2.30. The maximum atomic E-state index is 12.5. The number of carbonyl (C=O) groups excluding carboxylic acids is 1. The number of rotatable bonds is 10. The SMILES string of the molecule is Cn1cc(OCC(=O)CC2CCC(CCN3CCc4ccc(CCC(F)(F)F)nc4CC3)CC2)cn1. The lowest BCUT2D eigenvalue weighted by Crippen LogP contribution is -2.30. The van der Waals surface area contributed by atoms with Gasteiger partial charge in [-0.1, -0.05) is 18.9 Å². The van der Waals surface area contributed by atoms with Gasteiger partial charge in [0.15, 0.2) is 11.5 Å². The van der Waals surface area contributed by atoms with Crippen molar-refractivity contribution >= 4 is 5.78 Å². The number of halogens is 3. The van der Waals surface area contributed by atoms with Crippen LogP contribution in [0.25, 0.3) is 0 Å². The van der Waals surface area contributed by atoms with E-state index in [0.29, 0.717) is 29.7 Å². The van der Waals surface area contributed by atoms with Crippen molar-refractivity contribution in [1.82, 2.24) is 19.7 Å². The van der Waals surface area contributed by atoms with E-state index in [1.165, 1.54) is 18.4 Å². The van der Waals surface area contributed by atoms with Crippen LogP contribution in [0, 0.1) is 11.8 Å². The summed E-state index contributed by atoms with van der Waals surface area (Å²) in [5.41, 5.74) is 2.68. The van der Waals surface area contributed by atoms with Gasteiger partial charge in [-0.15, -0.1) is 0 Å². The Morgan fingerprint density at radius 1 is 1.11 bits per heavy atom. The van der Waals surface area contributed by atoms with E-state index >= 15 is 0 Å². The quantitative estimate of drug-likeness (QED) is 0.457. The highest BCUT2D eigenvalue weighted by atomic mass is 19.4. The van der Waals surface area contributed by atoms with Crippen molar-refractivity contribution in [3.63, 3.8) is 0 Å². The molecule has 1 aliphatic heterocycles. The standard InChI is InChI=1S/C27H37F3N4O2/c1-33-18-25(17-31-33)36-19-24(35)16-21-4-2-20(3-5-21)9-13-34-14-10-22-6-7-23(8-12-27(28,29)30)32-26(22)11-15-34/h6-7,17-18,20-21H,2-5,8-16,19H2,1H3.